The smallest absolute Gasteiger partial charge is 0.136 e. The summed E-state index contributed by atoms with van der Waals surface area (Å²) in [5.41, 5.74) is 11.6. The van der Waals surface area contributed by atoms with E-state index in [9.17, 15) is 5.26 Å². The molecule has 0 saturated heterocycles. The summed E-state index contributed by atoms with van der Waals surface area (Å²) >= 11 is 0. The number of pyridine rings is 1. The summed E-state index contributed by atoms with van der Waals surface area (Å²) in [6.07, 6.45) is 0. The fourth-order valence-corrected chi connectivity index (χ4v) is 8.41. The van der Waals surface area contributed by atoms with Gasteiger partial charge in [0.2, 0.25) is 0 Å². The molecule has 0 bridgehead atoms. The monoisotopic (exact) mass is 672 g/mol. The van der Waals surface area contributed by atoms with Gasteiger partial charge in [0.05, 0.1) is 23.0 Å². The van der Waals surface area contributed by atoms with E-state index in [-0.39, 0.29) is 0 Å². The topological polar surface area (TPSA) is 45.9 Å². The van der Waals surface area contributed by atoms with Crippen molar-refractivity contribution in [2.24, 2.45) is 0 Å². The number of fused-ring (bicyclic) bond motifs is 2. The van der Waals surface area contributed by atoms with Gasteiger partial charge in [-0.1, -0.05) is 133 Å². The van der Waals surface area contributed by atoms with Gasteiger partial charge >= 0.3 is 0 Å². The van der Waals surface area contributed by atoms with Crippen LogP contribution in [0.3, 0.4) is 0 Å². The molecular formula is C50H28N2O. The van der Waals surface area contributed by atoms with Crippen LogP contribution in [0.1, 0.15) is 5.56 Å². The fraction of sp³-hybridized carbons (Fsp3) is 0. The van der Waals surface area contributed by atoms with Crippen molar-refractivity contribution in [2.45, 2.75) is 0 Å². The predicted molar refractivity (Wildman–Crippen MR) is 217 cm³/mol. The van der Waals surface area contributed by atoms with Crippen LogP contribution in [0.2, 0.25) is 0 Å². The Morgan fingerprint density at radius 1 is 0.396 bits per heavy atom. The number of hydrogen-bond donors (Lipinski definition) is 0. The van der Waals surface area contributed by atoms with E-state index in [1.165, 1.54) is 43.4 Å². The number of benzene rings is 9. The minimum absolute atomic E-state index is 0.590. The lowest BCUT2D eigenvalue weighted by Crippen LogP contribution is -1.98. The molecule has 0 saturated carbocycles. The molecule has 3 heteroatoms. The van der Waals surface area contributed by atoms with Gasteiger partial charge in [-0.05, 0) is 102 Å². The van der Waals surface area contributed by atoms with Crippen LogP contribution in [-0.2, 0) is 0 Å². The van der Waals surface area contributed by atoms with Gasteiger partial charge in [0.15, 0.2) is 0 Å². The van der Waals surface area contributed by atoms with Crippen LogP contribution >= 0.6 is 0 Å². The normalized spacial score (nSPS) is 11.9. The second-order valence-electron chi connectivity index (χ2n) is 13.8. The molecule has 3 nitrogen and oxygen atoms in total. The lowest BCUT2D eigenvalue weighted by atomic mass is 9.87. The van der Waals surface area contributed by atoms with E-state index in [2.05, 4.69) is 140 Å². The first-order chi connectivity index (χ1) is 26.2. The summed E-state index contributed by atoms with van der Waals surface area (Å²) in [6, 6.07) is 62.2. The zero-order chi connectivity index (χ0) is 35.0. The van der Waals surface area contributed by atoms with Crippen molar-refractivity contribution < 1.29 is 4.74 Å². The molecule has 10 aromatic rings. The third-order valence-electron chi connectivity index (χ3n) is 10.9. The number of hydrogen-bond acceptors (Lipinski definition) is 3. The summed E-state index contributed by atoms with van der Waals surface area (Å²) in [5, 5.41) is 19.2. The number of rotatable bonds is 4. The van der Waals surface area contributed by atoms with Crippen LogP contribution in [0, 0.1) is 11.3 Å². The van der Waals surface area contributed by atoms with Crippen LogP contribution in [0.25, 0.3) is 99.0 Å². The minimum atomic E-state index is 0.590. The summed E-state index contributed by atoms with van der Waals surface area (Å²) in [6.45, 7) is 0. The molecule has 0 atom stereocenters. The van der Waals surface area contributed by atoms with Crippen molar-refractivity contribution in [2.75, 3.05) is 0 Å². The lowest BCUT2D eigenvalue weighted by Gasteiger charge is -2.22. The predicted octanol–water partition coefficient (Wildman–Crippen LogP) is 13.4. The second kappa shape index (κ2) is 11.4. The molecule has 0 amide bonds. The maximum Gasteiger partial charge on any atom is 0.136 e. The van der Waals surface area contributed by atoms with Crippen LogP contribution in [-0.4, -0.2) is 4.98 Å². The van der Waals surface area contributed by atoms with Crippen molar-refractivity contribution >= 4 is 43.1 Å². The van der Waals surface area contributed by atoms with E-state index in [0.717, 1.165) is 67.0 Å². The minimum Gasteiger partial charge on any atom is -0.456 e. The van der Waals surface area contributed by atoms with Gasteiger partial charge in [-0.25, -0.2) is 4.98 Å². The third kappa shape index (κ3) is 4.50. The molecule has 0 spiro atoms. The average Bonchev–Trinajstić information content (AvgIpc) is 3.23. The Labute approximate surface area is 306 Å². The molecule has 0 N–H and O–H groups in total. The average molecular weight is 673 g/mol. The first-order valence-corrected chi connectivity index (χ1v) is 17.8. The Morgan fingerprint density at radius 3 is 1.72 bits per heavy atom. The molecule has 1 aliphatic rings. The number of aromatic nitrogens is 1. The molecule has 1 aromatic heterocycles. The SMILES string of the molecule is N#Cc1ccc2c(c1)Oc1cccc3c(-c4ccc(-c5ccc6ccc7c(-c8cccc(-c9ccccc9)n8)ccc8ccc5c6c87)cc4)ccc-2c13. The Balaban J connectivity index is 1.01. The number of nitrogens with zero attached hydrogens (tertiary/aromatic N) is 2. The summed E-state index contributed by atoms with van der Waals surface area (Å²) in [5.74, 6) is 1.54. The van der Waals surface area contributed by atoms with Crippen molar-refractivity contribution in [3.8, 4) is 73.5 Å². The molecule has 11 rings (SSSR count). The molecule has 0 fully saturated rings. The maximum atomic E-state index is 9.44. The Hall–Kier alpha value is -7.28. The van der Waals surface area contributed by atoms with E-state index in [1.807, 2.05) is 36.4 Å². The fourth-order valence-electron chi connectivity index (χ4n) is 8.41. The zero-order valence-electron chi connectivity index (χ0n) is 28.5. The standard InChI is InChI=1S/C50H28N2O/c51-29-30-12-21-39-43-27-26-37(40-8-4-11-46(50(40)43)53-47(39)28-30)32-15-13-31(14-16-32)36-22-17-34-20-25-42-38(23-18-35-19-24-41(36)48(34)49(35)42)45-10-5-9-44(52-45)33-6-2-1-3-7-33/h1-28H. The third-order valence-corrected chi connectivity index (χ3v) is 10.9. The van der Waals surface area contributed by atoms with Gasteiger partial charge in [0, 0.05) is 22.1 Å². The van der Waals surface area contributed by atoms with Gasteiger partial charge in [0.1, 0.15) is 11.5 Å². The van der Waals surface area contributed by atoms with Gasteiger partial charge in [0.25, 0.3) is 0 Å². The zero-order valence-corrected chi connectivity index (χ0v) is 28.5. The second-order valence-corrected chi connectivity index (χ2v) is 13.8. The van der Waals surface area contributed by atoms with E-state index in [0.29, 0.717) is 5.56 Å². The molecule has 0 aliphatic carbocycles. The molecule has 2 heterocycles. The van der Waals surface area contributed by atoms with E-state index in [1.54, 1.807) is 0 Å². The Morgan fingerprint density at radius 2 is 0.981 bits per heavy atom. The highest BCUT2D eigenvalue weighted by Gasteiger charge is 2.22. The number of ether oxygens (including phenoxy) is 1. The molecule has 9 aromatic carbocycles. The molecule has 0 unspecified atom stereocenters. The van der Waals surface area contributed by atoms with E-state index in [4.69, 9.17) is 9.72 Å². The molecule has 53 heavy (non-hydrogen) atoms. The van der Waals surface area contributed by atoms with Crippen molar-refractivity contribution in [1.29, 1.82) is 5.26 Å². The first kappa shape index (κ1) is 29.5. The van der Waals surface area contributed by atoms with E-state index >= 15 is 0 Å². The van der Waals surface area contributed by atoms with Crippen LogP contribution in [0.4, 0.5) is 0 Å². The highest BCUT2D eigenvalue weighted by molar-refractivity contribution is 6.27. The summed E-state index contributed by atoms with van der Waals surface area (Å²) in [4.78, 5) is 5.13. The Bertz CT molecular complexity index is 3140. The van der Waals surface area contributed by atoms with Gasteiger partial charge in [-0.15, -0.1) is 0 Å². The summed E-state index contributed by atoms with van der Waals surface area (Å²) < 4.78 is 6.35. The highest BCUT2D eigenvalue weighted by Crippen LogP contribution is 2.49. The van der Waals surface area contributed by atoms with Gasteiger partial charge < -0.3 is 4.74 Å². The van der Waals surface area contributed by atoms with Crippen LogP contribution < -0.4 is 4.74 Å². The van der Waals surface area contributed by atoms with Crippen molar-refractivity contribution in [3.05, 3.63) is 175 Å². The van der Waals surface area contributed by atoms with Crippen LogP contribution in [0.5, 0.6) is 11.5 Å². The highest BCUT2D eigenvalue weighted by atomic mass is 16.5. The lowest BCUT2D eigenvalue weighted by molar-refractivity contribution is 0.487. The molecule has 244 valence electrons. The van der Waals surface area contributed by atoms with Crippen LogP contribution in [0.15, 0.2) is 170 Å². The van der Waals surface area contributed by atoms with Crippen molar-refractivity contribution in [1.82, 2.24) is 4.98 Å². The molecular weight excluding hydrogens is 645 g/mol. The summed E-state index contributed by atoms with van der Waals surface area (Å²) in [7, 11) is 0. The molecule has 1 aliphatic heterocycles. The first-order valence-electron chi connectivity index (χ1n) is 17.8. The van der Waals surface area contributed by atoms with Crippen molar-refractivity contribution in [3.63, 3.8) is 0 Å². The molecule has 0 radical (unpaired) electrons. The van der Waals surface area contributed by atoms with Gasteiger partial charge in [-0.2, -0.15) is 5.26 Å². The largest absolute Gasteiger partial charge is 0.456 e. The maximum absolute atomic E-state index is 9.44. The number of nitriles is 1. The quantitative estimate of drug-likeness (QED) is 0.175. The van der Waals surface area contributed by atoms with E-state index < -0.39 is 0 Å². The Kier molecular flexibility index (Phi) is 6.32. The van der Waals surface area contributed by atoms with Gasteiger partial charge in [-0.3, -0.25) is 0 Å².